The number of hydrogen-bond acceptors (Lipinski definition) is 5. The summed E-state index contributed by atoms with van der Waals surface area (Å²) in [4.78, 5) is 4.14. The van der Waals surface area contributed by atoms with E-state index in [9.17, 15) is 0 Å². The molecule has 1 heterocycles. The SMILES string of the molecule is CCOC[C@H](NCc1noc(C)n1)C(C)C. The first kappa shape index (κ1) is 13.1. The maximum absolute atomic E-state index is 5.42. The Morgan fingerprint density at radius 2 is 2.19 bits per heavy atom. The van der Waals surface area contributed by atoms with Crippen molar-refractivity contribution in [3.63, 3.8) is 0 Å². The Morgan fingerprint density at radius 3 is 2.69 bits per heavy atom. The second-order valence-corrected chi connectivity index (χ2v) is 4.12. The van der Waals surface area contributed by atoms with Crippen LogP contribution in [-0.4, -0.2) is 29.4 Å². The van der Waals surface area contributed by atoms with Gasteiger partial charge in [0.05, 0.1) is 13.2 Å². The van der Waals surface area contributed by atoms with Crippen LogP contribution in [0.2, 0.25) is 0 Å². The third-order valence-electron chi connectivity index (χ3n) is 2.40. The molecule has 0 amide bonds. The molecule has 0 spiro atoms. The van der Waals surface area contributed by atoms with Crippen LogP contribution in [0.5, 0.6) is 0 Å². The summed E-state index contributed by atoms with van der Waals surface area (Å²) in [5.41, 5.74) is 0. The van der Waals surface area contributed by atoms with Gasteiger partial charge in [0.1, 0.15) is 0 Å². The Balaban J connectivity index is 2.37. The van der Waals surface area contributed by atoms with Crippen molar-refractivity contribution in [1.29, 1.82) is 0 Å². The molecule has 0 aliphatic rings. The summed E-state index contributed by atoms with van der Waals surface area (Å²) in [6, 6.07) is 0.318. The zero-order valence-corrected chi connectivity index (χ0v) is 10.5. The molecule has 5 heteroatoms. The highest BCUT2D eigenvalue weighted by Gasteiger charge is 2.13. The summed E-state index contributed by atoms with van der Waals surface area (Å²) < 4.78 is 10.3. The normalized spacial score (nSPS) is 13.3. The number of nitrogens with zero attached hydrogens (tertiary/aromatic N) is 2. The van der Waals surface area contributed by atoms with Crippen LogP contribution in [0, 0.1) is 12.8 Å². The Kier molecular flexibility index (Phi) is 5.42. The highest BCUT2D eigenvalue weighted by atomic mass is 16.5. The van der Waals surface area contributed by atoms with Crippen molar-refractivity contribution >= 4 is 0 Å². The summed E-state index contributed by atoms with van der Waals surface area (Å²) in [5, 5.41) is 7.21. The van der Waals surface area contributed by atoms with E-state index in [4.69, 9.17) is 9.26 Å². The molecule has 5 nitrogen and oxygen atoms in total. The zero-order chi connectivity index (χ0) is 12.0. The van der Waals surface area contributed by atoms with Crippen LogP contribution < -0.4 is 5.32 Å². The van der Waals surface area contributed by atoms with Crippen molar-refractivity contribution in [3.05, 3.63) is 11.7 Å². The van der Waals surface area contributed by atoms with E-state index < -0.39 is 0 Å². The quantitative estimate of drug-likeness (QED) is 0.765. The zero-order valence-electron chi connectivity index (χ0n) is 10.5. The molecule has 1 aromatic heterocycles. The van der Waals surface area contributed by atoms with Crippen molar-refractivity contribution in [2.45, 2.75) is 40.3 Å². The predicted molar refractivity (Wildman–Crippen MR) is 61.0 cm³/mol. The average molecular weight is 227 g/mol. The van der Waals surface area contributed by atoms with E-state index in [1.165, 1.54) is 0 Å². The second kappa shape index (κ2) is 6.60. The molecule has 0 saturated carbocycles. The fourth-order valence-electron chi connectivity index (χ4n) is 1.37. The van der Waals surface area contributed by atoms with Gasteiger partial charge in [0.25, 0.3) is 0 Å². The van der Waals surface area contributed by atoms with E-state index in [0.717, 1.165) is 6.61 Å². The fourth-order valence-corrected chi connectivity index (χ4v) is 1.37. The van der Waals surface area contributed by atoms with E-state index in [-0.39, 0.29) is 0 Å². The molecule has 1 atom stereocenters. The molecule has 0 aromatic carbocycles. The van der Waals surface area contributed by atoms with Crippen molar-refractivity contribution in [2.75, 3.05) is 13.2 Å². The van der Waals surface area contributed by atoms with Gasteiger partial charge >= 0.3 is 0 Å². The van der Waals surface area contributed by atoms with E-state index in [1.54, 1.807) is 6.92 Å². The standard InChI is InChI=1S/C11H21N3O2/c1-5-15-7-10(8(2)3)12-6-11-13-9(4)16-14-11/h8,10,12H,5-7H2,1-4H3/t10-/m0/s1. The summed E-state index contributed by atoms with van der Waals surface area (Å²) in [6.45, 7) is 10.2. The lowest BCUT2D eigenvalue weighted by Gasteiger charge is -2.21. The van der Waals surface area contributed by atoms with Crippen LogP contribution in [0.4, 0.5) is 0 Å². The first-order valence-electron chi connectivity index (χ1n) is 5.73. The second-order valence-electron chi connectivity index (χ2n) is 4.12. The third kappa shape index (κ3) is 4.28. The fraction of sp³-hybridized carbons (Fsp3) is 0.818. The van der Waals surface area contributed by atoms with Crippen molar-refractivity contribution in [3.8, 4) is 0 Å². The third-order valence-corrected chi connectivity index (χ3v) is 2.40. The Bertz CT molecular complexity index is 299. The lowest BCUT2D eigenvalue weighted by atomic mass is 10.1. The van der Waals surface area contributed by atoms with Crippen LogP contribution in [0.15, 0.2) is 4.52 Å². The van der Waals surface area contributed by atoms with Gasteiger partial charge in [-0.05, 0) is 12.8 Å². The first-order valence-corrected chi connectivity index (χ1v) is 5.73. The Labute approximate surface area is 96.6 Å². The van der Waals surface area contributed by atoms with Crippen LogP contribution >= 0.6 is 0 Å². The van der Waals surface area contributed by atoms with E-state index in [2.05, 4.69) is 29.3 Å². The molecule has 0 bridgehead atoms. The smallest absolute Gasteiger partial charge is 0.223 e. The van der Waals surface area contributed by atoms with Gasteiger partial charge in [0.2, 0.25) is 5.89 Å². The lowest BCUT2D eigenvalue weighted by Crippen LogP contribution is -2.37. The highest BCUT2D eigenvalue weighted by molar-refractivity contribution is 4.84. The molecule has 0 saturated heterocycles. The molecule has 0 fully saturated rings. The van der Waals surface area contributed by atoms with Crippen LogP contribution in [0.25, 0.3) is 0 Å². The molecule has 0 radical (unpaired) electrons. The van der Waals surface area contributed by atoms with Crippen molar-refractivity contribution < 1.29 is 9.26 Å². The lowest BCUT2D eigenvalue weighted by molar-refractivity contribution is 0.107. The van der Waals surface area contributed by atoms with Crippen LogP contribution in [-0.2, 0) is 11.3 Å². The number of hydrogen-bond donors (Lipinski definition) is 1. The molecular formula is C11H21N3O2. The van der Waals surface area contributed by atoms with Gasteiger partial charge in [0.15, 0.2) is 5.82 Å². The number of ether oxygens (including phenoxy) is 1. The van der Waals surface area contributed by atoms with E-state index in [0.29, 0.717) is 36.8 Å². The van der Waals surface area contributed by atoms with Gasteiger partial charge in [-0.15, -0.1) is 0 Å². The molecule has 1 N–H and O–H groups in total. The van der Waals surface area contributed by atoms with Gasteiger partial charge < -0.3 is 14.6 Å². The largest absolute Gasteiger partial charge is 0.380 e. The Hall–Kier alpha value is -0.940. The molecule has 16 heavy (non-hydrogen) atoms. The number of nitrogens with one attached hydrogen (secondary N) is 1. The summed E-state index contributed by atoms with van der Waals surface area (Å²) in [6.07, 6.45) is 0. The van der Waals surface area contributed by atoms with Gasteiger partial charge in [0, 0.05) is 19.6 Å². The Morgan fingerprint density at radius 1 is 1.44 bits per heavy atom. The molecule has 0 aliphatic heterocycles. The minimum atomic E-state index is 0.318. The van der Waals surface area contributed by atoms with Crippen LogP contribution in [0.1, 0.15) is 32.5 Å². The summed E-state index contributed by atoms with van der Waals surface area (Å²) in [5.74, 6) is 1.81. The van der Waals surface area contributed by atoms with Gasteiger partial charge in [-0.1, -0.05) is 19.0 Å². The summed E-state index contributed by atoms with van der Waals surface area (Å²) >= 11 is 0. The molecular weight excluding hydrogens is 206 g/mol. The van der Waals surface area contributed by atoms with E-state index in [1.807, 2.05) is 6.92 Å². The van der Waals surface area contributed by atoms with E-state index >= 15 is 0 Å². The van der Waals surface area contributed by atoms with Crippen molar-refractivity contribution in [1.82, 2.24) is 15.5 Å². The highest BCUT2D eigenvalue weighted by Crippen LogP contribution is 2.04. The monoisotopic (exact) mass is 227 g/mol. The molecule has 0 aliphatic carbocycles. The number of aromatic nitrogens is 2. The maximum atomic E-state index is 5.42. The minimum Gasteiger partial charge on any atom is -0.380 e. The average Bonchev–Trinajstić information content (AvgIpc) is 2.64. The number of aryl methyl sites for hydroxylation is 1. The van der Waals surface area contributed by atoms with Gasteiger partial charge in [-0.3, -0.25) is 0 Å². The summed E-state index contributed by atoms with van der Waals surface area (Å²) in [7, 11) is 0. The maximum Gasteiger partial charge on any atom is 0.223 e. The van der Waals surface area contributed by atoms with Crippen molar-refractivity contribution in [2.24, 2.45) is 5.92 Å². The molecule has 1 aromatic rings. The van der Waals surface area contributed by atoms with Crippen LogP contribution in [0.3, 0.4) is 0 Å². The predicted octanol–water partition coefficient (Wildman–Crippen LogP) is 1.53. The topological polar surface area (TPSA) is 60.2 Å². The number of rotatable bonds is 7. The minimum absolute atomic E-state index is 0.318. The van der Waals surface area contributed by atoms with Gasteiger partial charge in [-0.25, -0.2) is 0 Å². The van der Waals surface area contributed by atoms with Gasteiger partial charge in [-0.2, -0.15) is 4.98 Å². The molecule has 1 rings (SSSR count). The molecule has 0 unspecified atom stereocenters. The first-order chi connectivity index (χ1) is 7.63. The molecule has 92 valence electrons.